The van der Waals surface area contributed by atoms with Crippen molar-refractivity contribution < 1.29 is 18.3 Å². The van der Waals surface area contributed by atoms with Crippen LogP contribution < -0.4 is 10.9 Å². The van der Waals surface area contributed by atoms with Crippen LogP contribution >= 0.6 is 15.9 Å². The van der Waals surface area contributed by atoms with Gasteiger partial charge in [-0.05, 0) is 24.6 Å². The molecular weight excluding hydrogens is 346 g/mol. The summed E-state index contributed by atoms with van der Waals surface area (Å²) in [6.45, 7) is 1.88. The maximum atomic E-state index is 13.2. The third kappa shape index (κ3) is 4.93. The second-order valence-corrected chi connectivity index (χ2v) is 6.06. The summed E-state index contributed by atoms with van der Waals surface area (Å²) < 4.78 is 32.5. The van der Waals surface area contributed by atoms with Crippen LogP contribution in [0.15, 0.2) is 22.7 Å². The molecule has 0 saturated carbocycles. The lowest BCUT2D eigenvalue weighted by molar-refractivity contribution is -0.140. The standard InChI is InChI=1S/C14H17BrF2N2O2/c1-9-2-3-10(15)6-12(9)18-19-13(20)7-11-8-14(16,17)4-5-21-11/h2-3,6,11,18H,4-5,7-8H2,1H3,(H,19,20). The zero-order chi connectivity index (χ0) is 15.5. The second-order valence-electron chi connectivity index (χ2n) is 5.14. The summed E-state index contributed by atoms with van der Waals surface area (Å²) in [5.41, 5.74) is 7.00. The van der Waals surface area contributed by atoms with Crippen LogP contribution in [0.5, 0.6) is 0 Å². The summed E-state index contributed by atoms with van der Waals surface area (Å²) in [6, 6.07) is 5.60. The molecule has 0 spiro atoms. The van der Waals surface area contributed by atoms with Gasteiger partial charge in [-0.3, -0.25) is 15.6 Å². The Morgan fingerprint density at radius 3 is 3.00 bits per heavy atom. The smallest absolute Gasteiger partial charge is 0.252 e. The van der Waals surface area contributed by atoms with E-state index in [1.165, 1.54) is 0 Å². The van der Waals surface area contributed by atoms with E-state index in [1.54, 1.807) is 0 Å². The Balaban J connectivity index is 1.83. The molecule has 1 aromatic carbocycles. The Labute approximate surface area is 130 Å². The van der Waals surface area contributed by atoms with Gasteiger partial charge in [-0.1, -0.05) is 22.0 Å². The van der Waals surface area contributed by atoms with E-state index in [0.717, 1.165) is 15.7 Å². The first-order valence-corrected chi connectivity index (χ1v) is 7.45. The molecule has 1 unspecified atom stereocenters. The van der Waals surface area contributed by atoms with Crippen LogP contribution in [0.1, 0.15) is 24.8 Å². The first kappa shape index (κ1) is 16.2. The van der Waals surface area contributed by atoms with Gasteiger partial charge in [-0.2, -0.15) is 0 Å². The number of aryl methyl sites for hydroxylation is 1. The van der Waals surface area contributed by atoms with Gasteiger partial charge in [0.15, 0.2) is 0 Å². The van der Waals surface area contributed by atoms with Crippen molar-refractivity contribution in [2.75, 3.05) is 12.0 Å². The number of amides is 1. The zero-order valence-electron chi connectivity index (χ0n) is 11.6. The number of carbonyl (C=O) groups excluding carboxylic acids is 1. The number of anilines is 1. The molecule has 7 heteroatoms. The van der Waals surface area contributed by atoms with Gasteiger partial charge in [0.1, 0.15) is 0 Å². The highest BCUT2D eigenvalue weighted by molar-refractivity contribution is 9.10. The highest BCUT2D eigenvalue weighted by Crippen LogP contribution is 2.31. The van der Waals surface area contributed by atoms with Crippen molar-refractivity contribution in [2.45, 2.75) is 38.2 Å². The van der Waals surface area contributed by atoms with Crippen LogP contribution in [0.3, 0.4) is 0 Å². The summed E-state index contributed by atoms with van der Waals surface area (Å²) in [4.78, 5) is 11.8. The molecule has 1 aromatic rings. The van der Waals surface area contributed by atoms with Crippen LogP contribution in [0.25, 0.3) is 0 Å². The average molecular weight is 363 g/mol. The molecule has 116 valence electrons. The fourth-order valence-corrected chi connectivity index (χ4v) is 2.48. The van der Waals surface area contributed by atoms with E-state index in [2.05, 4.69) is 26.8 Å². The molecule has 1 aliphatic heterocycles. The third-order valence-electron chi connectivity index (χ3n) is 3.30. The van der Waals surface area contributed by atoms with Crippen molar-refractivity contribution in [3.8, 4) is 0 Å². The van der Waals surface area contributed by atoms with E-state index in [-0.39, 0.29) is 25.4 Å². The summed E-state index contributed by atoms with van der Waals surface area (Å²) in [7, 11) is 0. The van der Waals surface area contributed by atoms with Gasteiger partial charge in [0.05, 0.1) is 24.8 Å². The molecule has 1 fully saturated rings. The normalized spacial score (nSPS) is 20.9. The molecule has 0 bridgehead atoms. The van der Waals surface area contributed by atoms with Crippen molar-refractivity contribution >= 4 is 27.5 Å². The molecule has 0 aromatic heterocycles. The quantitative estimate of drug-likeness (QED) is 0.807. The third-order valence-corrected chi connectivity index (χ3v) is 3.79. The number of alkyl halides is 2. The Morgan fingerprint density at radius 1 is 1.52 bits per heavy atom. The molecular formula is C14H17BrF2N2O2. The number of halogens is 3. The SMILES string of the molecule is Cc1ccc(Br)cc1NNC(=O)CC1CC(F)(F)CCO1. The Kier molecular flexibility index (Phi) is 5.16. The van der Waals surface area contributed by atoms with Crippen molar-refractivity contribution in [1.82, 2.24) is 5.43 Å². The average Bonchev–Trinajstić information content (AvgIpc) is 2.38. The summed E-state index contributed by atoms with van der Waals surface area (Å²) in [6.07, 6.45) is -1.51. The Bertz CT molecular complexity index is 526. The van der Waals surface area contributed by atoms with E-state index in [1.807, 2.05) is 25.1 Å². The number of hydrogen-bond acceptors (Lipinski definition) is 3. The first-order chi connectivity index (χ1) is 9.85. The van der Waals surface area contributed by atoms with Gasteiger partial charge in [0.2, 0.25) is 5.91 Å². The maximum Gasteiger partial charge on any atom is 0.252 e. The molecule has 1 saturated heterocycles. The monoisotopic (exact) mass is 362 g/mol. The number of nitrogens with one attached hydrogen (secondary N) is 2. The lowest BCUT2D eigenvalue weighted by Gasteiger charge is -2.28. The van der Waals surface area contributed by atoms with Gasteiger partial charge >= 0.3 is 0 Å². The minimum atomic E-state index is -2.74. The zero-order valence-corrected chi connectivity index (χ0v) is 13.2. The molecule has 1 amide bonds. The van der Waals surface area contributed by atoms with Crippen LogP contribution in [-0.4, -0.2) is 24.5 Å². The van der Waals surface area contributed by atoms with Gasteiger partial charge in [0.25, 0.3) is 5.92 Å². The highest BCUT2D eigenvalue weighted by atomic mass is 79.9. The molecule has 1 atom stereocenters. The molecule has 1 heterocycles. The number of carbonyl (C=O) groups is 1. The topological polar surface area (TPSA) is 50.4 Å². The van der Waals surface area contributed by atoms with E-state index in [4.69, 9.17) is 4.74 Å². The largest absolute Gasteiger partial charge is 0.377 e. The fourth-order valence-electron chi connectivity index (χ4n) is 2.12. The second kappa shape index (κ2) is 6.70. The highest BCUT2D eigenvalue weighted by Gasteiger charge is 2.37. The number of ether oxygens (including phenoxy) is 1. The van der Waals surface area contributed by atoms with E-state index < -0.39 is 18.4 Å². The molecule has 4 nitrogen and oxygen atoms in total. The predicted octanol–water partition coefficient (Wildman–Crippen LogP) is 3.41. The summed E-state index contributed by atoms with van der Waals surface area (Å²) in [5.74, 6) is -3.12. The lowest BCUT2D eigenvalue weighted by atomic mass is 10.0. The fraction of sp³-hybridized carbons (Fsp3) is 0.500. The number of rotatable bonds is 4. The number of benzene rings is 1. The van der Waals surface area contributed by atoms with Crippen LogP contribution in [0.2, 0.25) is 0 Å². The van der Waals surface area contributed by atoms with Gasteiger partial charge < -0.3 is 4.74 Å². The Morgan fingerprint density at radius 2 is 2.29 bits per heavy atom. The number of hydrazine groups is 1. The lowest BCUT2D eigenvalue weighted by Crippen LogP contribution is -2.39. The first-order valence-electron chi connectivity index (χ1n) is 6.66. The van der Waals surface area contributed by atoms with Gasteiger partial charge in [-0.25, -0.2) is 8.78 Å². The van der Waals surface area contributed by atoms with Crippen molar-refractivity contribution in [1.29, 1.82) is 0 Å². The molecule has 21 heavy (non-hydrogen) atoms. The molecule has 2 rings (SSSR count). The van der Waals surface area contributed by atoms with Crippen LogP contribution in [-0.2, 0) is 9.53 Å². The molecule has 0 radical (unpaired) electrons. The minimum absolute atomic E-state index is 0.0108. The van der Waals surface area contributed by atoms with Crippen LogP contribution in [0, 0.1) is 6.92 Å². The van der Waals surface area contributed by atoms with Gasteiger partial charge in [0, 0.05) is 17.3 Å². The molecule has 1 aliphatic rings. The predicted molar refractivity (Wildman–Crippen MR) is 79.2 cm³/mol. The minimum Gasteiger partial charge on any atom is -0.377 e. The summed E-state index contributed by atoms with van der Waals surface area (Å²) in [5, 5.41) is 0. The van der Waals surface area contributed by atoms with E-state index >= 15 is 0 Å². The number of hydrogen-bond donors (Lipinski definition) is 2. The van der Waals surface area contributed by atoms with Crippen molar-refractivity contribution in [3.63, 3.8) is 0 Å². The molecule has 0 aliphatic carbocycles. The van der Waals surface area contributed by atoms with Crippen LogP contribution in [0.4, 0.5) is 14.5 Å². The Hall–Kier alpha value is -1.21. The van der Waals surface area contributed by atoms with E-state index in [9.17, 15) is 13.6 Å². The van der Waals surface area contributed by atoms with E-state index in [0.29, 0.717) is 0 Å². The molecule has 2 N–H and O–H groups in total. The van der Waals surface area contributed by atoms with Gasteiger partial charge in [-0.15, -0.1) is 0 Å². The summed E-state index contributed by atoms with van der Waals surface area (Å²) >= 11 is 3.34. The van der Waals surface area contributed by atoms with Crippen molar-refractivity contribution in [3.05, 3.63) is 28.2 Å². The maximum absolute atomic E-state index is 13.2. The van der Waals surface area contributed by atoms with Crippen molar-refractivity contribution in [2.24, 2.45) is 0 Å².